The van der Waals surface area contributed by atoms with E-state index < -0.39 is 17.8 Å². The van der Waals surface area contributed by atoms with Gasteiger partial charge in [-0.05, 0) is 36.2 Å². The van der Waals surface area contributed by atoms with Crippen LogP contribution in [0.1, 0.15) is 24.5 Å². The van der Waals surface area contributed by atoms with Gasteiger partial charge in [0.15, 0.2) is 6.61 Å². The van der Waals surface area contributed by atoms with Crippen LogP contribution in [-0.2, 0) is 22.6 Å². The van der Waals surface area contributed by atoms with Gasteiger partial charge in [0.05, 0.1) is 5.02 Å². The van der Waals surface area contributed by atoms with Crippen LogP contribution in [0.15, 0.2) is 72.8 Å². The Morgan fingerprint density at radius 2 is 1.74 bits per heavy atom. The summed E-state index contributed by atoms with van der Waals surface area (Å²) in [6, 6.07) is 19.4. The van der Waals surface area contributed by atoms with E-state index in [-0.39, 0.29) is 36.3 Å². The lowest BCUT2D eigenvalue weighted by atomic mass is 10.0. The predicted molar refractivity (Wildman–Crippen MR) is 136 cm³/mol. The van der Waals surface area contributed by atoms with E-state index in [1.807, 2.05) is 37.3 Å². The maximum absolute atomic E-state index is 14.5. The first-order valence-electron chi connectivity index (χ1n) is 11.3. The minimum Gasteiger partial charge on any atom is -0.482 e. The van der Waals surface area contributed by atoms with Gasteiger partial charge in [0.25, 0.3) is 5.91 Å². The normalized spacial score (nSPS) is 11.5. The van der Waals surface area contributed by atoms with Crippen LogP contribution < -0.4 is 10.1 Å². The molecule has 0 saturated carbocycles. The SMILES string of the molecule is CCCNC(=O)C(Cc1ccccc1)N(Cc1ccccc1F)C(=O)COc1ccc(Cl)cc1Cl. The summed E-state index contributed by atoms with van der Waals surface area (Å²) in [6.45, 7) is 1.92. The zero-order valence-corrected chi connectivity index (χ0v) is 20.9. The van der Waals surface area contributed by atoms with Crippen molar-refractivity contribution < 1.29 is 18.7 Å². The number of nitrogens with zero attached hydrogens (tertiary/aromatic N) is 1. The number of carbonyl (C=O) groups excluding carboxylic acids is 2. The highest BCUT2D eigenvalue weighted by Gasteiger charge is 2.31. The van der Waals surface area contributed by atoms with Crippen LogP contribution in [0.2, 0.25) is 10.0 Å². The molecule has 2 amide bonds. The molecule has 0 bridgehead atoms. The lowest BCUT2D eigenvalue weighted by Crippen LogP contribution is -2.52. The number of rotatable bonds is 11. The summed E-state index contributed by atoms with van der Waals surface area (Å²) < 4.78 is 20.2. The first-order chi connectivity index (χ1) is 16.9. The maximum Gasteiger partial charge on any atom is 0.261 e. The number of hydrogen-bond acceptors (Lipinski definition) is 3. The van der Waals surface area contributed by atoms with E-state index in [9.17, 15) is 14.0 Å². The molecule has 0 aliphatic rings. The lowest BCUT2D eigenvalue weighted by Gasteiger charge is -2.31. The van der Waals surface area contributed by atoms with Crippen LogP contribution >= 0.6 is 23.2 Å². The molecule has 3 rings (SSSR count). The minimum atomic E-state index is -0.875. The largest absolute Gasteiger partial charge is 0.482 e. The van der Waals surface area contributed by atoms with Gasteiger partial charge in [-0.25, -0.2) is 4.39 Å². The Bertz CT molecular complexity index is 1140. The molecular weight excluding hydrogens is 490 g/mol. The molecule has 0 saturated heterocycles. The monoisotopic (exact) mass is 516 g/mol. The number of halogens is 3. The van der Waals surface area contributed by atoms with E-state index in [0.29, 0.717) is 17.1 Å². The molecule has 184 valence electrons. The fourth-order valence-electron chi connectivity index (χ4n) is 3.54. The van der Waals surface area contributed by atoms with Crippen molar-refractivity contribution in [3.8, 4) is 5.75 Å². The van der Waals surface area contributed by atoms with Crippen LogP contribution in [0.25, 0.3) is 0 Å². The van der Waals surface area contributed by atoms with Gasteiger partial charge in [0.1, 0.15) is 17.6 Å². The summed E-state index contributed by atoms with van der Waals surface area (Å²) in [5.74, 6) is -0.971. The van der Waals surface area contributed by atoms with Crippen molar-refractivity contribution in [2.45, 2.75) is 32.4 Å². The zero-order valence-electron chi connectivity index (χ0n) is 19.3. The smallest absolute Gasteiger partial charge is 0.261 e. The number of amides is 2. The quantitative estimate of drug-likeness (QED) is 0.356. The van der Waals surface area contributed by atoms with E-state index in [1.165, 1.54) is 17.0 Å². The van der Waals surface area contributed by atoms with Gasteiger partial charge in [-0.3, -0.25) is 9.59 Å². The molecule has 3 aromatic carbocycles. The summed E-state index contributed by atoms with van der Waals surface area (Å²) in [7, 11) is 0. The molecule has 35 heavy (non-hydrogen) atoms. The molecule has 8 heteroatoms. The summed E-state index contributed by atoms with van der Waals surface area (Å²) in [6.07, 6.45) is 1.00. The first-order valence-corrected chi connectivity index (χ1v) is 12.1. The Hall–Kier alpha value is -3.09. The average molecular weight is 517 g/mol. The molecule has 1 unspecified atom stereocenters. The molecule has 3 aromatic rings. The number of ether oxygens (including phenoxy) is 1. The van der Waals surface area contributed by atoms with Crippen LogP contribution in [0.4, 0.5) is 4.39 Å². The van der Waals surface area contributed by atoms with Crippen molar-refractivity contribution in [3.05, 3.63) is 99.8 Å². The number of nitrogens with one attached hydrogen (secondary N) is 1. The van der Waals surface area contributed by atoms with Crippen LogP contribution in [0.5, 0.6) is 5.75 Å². The van der Waals surface area contributed by atoms with Gasteiger partial charge in [0.2, 0.25) is 5.91 Å². The second-order valence-electron chi connectivity index (χ2n) is 7.97. The molecule has 0 radical (unpaired) electrons. The van der Waals surface area contributed by atoms with E-state index in [2.05, 4.69) is 5.32 Å². The van der Waals surface area contributed by atoms with Gasteiger partial charge >= 0.3 is 0 Å². The Morgan fingerprint density at radius 1 is 1.03 bits per heavy atom. The number of carbonyl (C=O) groups is 2. The molecule has 0 aliphatic carbocycles. The fraction of sp³-hybridized carbons (Fsp3) is 0.259. The van der Waals surface area contributed by atoms with Crippen LogP contribution in [-0.4, -0.2) is 35.9 Å². The molecule has 0 aromatic heterocycles. The molecular formula is C27H27Cl2FN2O3. The van der Waals surface area contributed by atoms with Gasteiger partial charge in [-0.1, -0.05) is 78.7 Å². The second-order valence-corrected chi connectivity index (χ2v) is 8.82. The molecule has 0 aliphatic heterocycles. The van der Waals surface area contributed by atoms with Crippen LogP contribution in [0, 0.1) is 5.82 Å². The Balaban J connectivity index is 1.91. The van der Waals surface area contributed by atoms with Gasteiger partial charge in [-0.15, -0.1) is 0 Å². The van der Waals surface area contributed by atoms with Crippen molar-refractivity contribution in [1.82, 2.24) is 10.2 Å². The second kappa shape index (κ2) is 13.1. The molecule has 1 N–H and O–H groups in total. The molecule has 5 nitrogen and oxygen atoms in total. The third-order valence-corrected chi connectivity index (χ3v) is 5.89. The van der Waals surface area contributed by atoms with Crippen molar-refractivity contribution in [2.24, 2.45) is 0 Å². The van der Waals surface area contributed by atoms with Gasteiger partial charge in [-0.2, -0.15) is 0 Å². The van der Waals surface area contributed by atoms with E-state index >= 15 is 0 Å². The van der Waals surface area contributed by atoms with Crippen LogP contribution in [0.3, 0.4) is 0 Å². The van der Waals surface area contributed by atoms with Crippen molar-refractivity contribution in [2.75, 3.05) is 13.2 Å². The van der Waals surface area contributed by atoms with Gasteiger partial charge < -0.3 is 15.0 Å². The van der Waals surface area contributed by atoms with Gasteiger partial charge in [0, 0.05) is 30.1 Å². The molecule has 0 fully saturated rings. The lowest BCUT2D eigenvalue weighted by molar-refractivity contribution is -0.142. The summed E-state index contributed by atoms with van der Waals surface area (Å²) in [5.41, 5.74) is 1.17. The van der Waals surface area contributed by atoms with E-state index in [1.54, 1.807) is 30.3 Å². The van der Waals surface area contributed by atoms with Crippen molar-refractivity contribution in [1.29, 1.82) is 0 Å². The molecule has 0 heterocycles. The average Bonchev–Trinajstić information content (AvgIpc) is 2.85. The number of benzene rings is 3. The summed E-state index contributed by atoms with van der Waals surface area (Å²) in [4.78, 5) is 28.0. The van der Waals surface area contributed by atoms with E-state index in [4.69, 9.17) is 27.9 Å². The topological polar surface area (TPSA) is 58.6 Å². The summed E-state index contributed by atoms with van der Waals surface area (Å²) in [5, 5.41) is 3.57. The highest BCUT2D eigenvalue weighted by atomic mass is 35.5. The molecule has 0 spiro atoms. The third-order valence-electron chi connectivity index (χ3n) is 5.36. The molecule has 1 atom stereocenters. The Kier molecular flexibility index (Phi) is 9.94. The predicted octanol–water partition coefficient (Wildman–Crippen LogP) is 5.68. The highest BCUT2D eigenvalue weighted by Crippen LogP contribution is 2.27. The highest BCUT2D eigenvalue weighted by molar-refractivity contribution is 6.35. The zero-order chi connectivity index (χ0) is 25.2. The van der Waals surface area contributed by atoms with E-state index in [0.717, 1.165) is 12.0 Å². The Morgan fingerprint density at radius 3 is 2.43 bits per heavy atom. The Labute approximate surface area is 214 Å². The minimum absolute atomic E-state index is 0.0970. The first kappa shape index (κ1) is 26.5. The third kappa shape index (κ3) is 7.70. The van der Waals surface area contributed by atoms with Crippen molar-refractivity contribution in [3.63, 3.8) is 0 Å². The summed E-state index contributed by atoms with van der Waals surface area (Å²) >= 11 is 12.1. The standard InChI is InChI=1S/C27H27Cl2FN2O3/c1-2-14-31-27(34)24(15-19-8-4-3-5-9-19)32(17-20-10-6-7-11-23(20)30)26(33)18-35-25-13-12-21(28)16-22(25)29/h3-13,16,24H,2,14-15,17-18H2,1H3,(H,31,34). The fourth-order valence-corrected chi connectivity index (χ4v) is 4.01. The van der Waals surface area contributed by atoms with Crippen molar-refractivity contribution >= 4 is 35.0 Å². The maximum atomic E-state index is 14.5. The number of hydrogen-bond donors (Lipinski definition) is 1.